The molecule has 9 heteroatoms. The number of nitro groups is 1. The maximum absolute atomic E-state index is 11.6. The van der Waals surface area contributed by atoms with E-state index >= 15 is 0 Å². The van der Waals surface area contributed by atoms with Gasteiger partial charge in [0, 0.05) is 23.6 Å². The molecule has 0 radical (unpaired) electrons. The van der Waals surface area contributed by atoms with Crippen LogP contribution >= 0.6 is 11.3 Å². The van der Waals surface area contributed by atoms with E-state index in [-0.39, 0.29) is 5.69 Å². The van der Waals surface area contributed by atoms with Gasteiger partial charge in [0.05, 0.1) is 16.3 Å². The lowest BCUT2D eigenvalue weighted by Crippen LogP contribution is -2.39. The first kappa shape index (κ1) is 17.0. The van der Waals surface area contributed by atoms with Crippen LogP contribution < -0.4 is 21.3 Å². The van der Waals surface area contributed by atoms with Gasteiger partial charge in [-0.05, 0) is 47.3 Å². The summed E-state index contributed by atoms with van der Waals surface area (Å²) in [4.78, 5) is 23.8. The second-order valence-corrected chi connectivity index (χ2v) is 6.95. The van der Waals surface area contributed by atoms with Crippen LogP contribution in [0.25, 0.3) is 10.4 Å². The average Bonchev–Trinajstić information content (AvgIpc) is 3.29. The lowest BCUT2D eigenvalue weighted by Gasteiger charge is -2.20. The van der Waals surface area contributed by atoms with Crippen molar-refractivity contribution in [2.75, 3.05) is 17.1 Å². The van der Waals surface area contributed by atoms with Gasteiger partial charge in [-0.25, -0.2) is 5.01 Å². The number of primary amides is 1. The van der Waals surface area contributed by atoms with Gasteiger partial charge in [0.2, 0.25) is 5.91 Å². The highest BCUT2D eigenvalue weighted by Gasteiger charge is 2.30. The summed E-state index contributed by atoms with van der Waals surface area (Å²) in [5.41, 5.74) is 11.4. The van der Waals surface area contributed by atoms with E-state index in [4.69, 9.17) is 5.73 Å². The first-order chi connectivity index (χ1) is 13.0. The first-order valence-corrected chi connectivity index (χ1v) is 8.90. The molecule has 0 saturated heterocycles. The number of anilines is 3. The molecule has 1 aromatic heterocycles. The summed E-state index contributed by atoms with van der Waals surface area (Å²) in [6.45, 7) is 0. The third-order valence-electron chi connectivity index (χ3n) is 4.33. The summed E-state index contributed by atoms with van der Waals surface area (Å²) >= 11 is 1.55. The quantitative estimate of drug-likeness (QED) is 0.530. The van der Waals surface area contributed by atoms with Gasteiger partial charge in [-0.2, -0.15) is 0 Å². The number of thiophene rings is 1. The van der Waals surface area contributed by atoms with Crippen molar-refractivity contribution in [3.8, 4) is 10.4 Å². The molecule has 3 N–H and O–H groups in total. The molecular weight excluding hydrogens is 366 g/mol. The number of nitrogens with one attached hydrogen (secondary N) is 1. The Balaban J connectivity index is 1.89. The lowest BCUT2D eigenvalue weighted by molar-refractivity contribution is -0.384. The number of nitrogens with two attached hydrogens (primary N) is 1. The summed E-state index contributed by atoms with van der Waals surface area (Å²) in [5, 5.41) is 16.9. The summed E-state index contributed by atoms with van der Waals surface area (Å²) in [5.74, 6) is -0.561. The Labute approximate surface area is 158 Å². The molecule has 3 aromatic rings. The Morgan fingerprint density at radius 3 is 2.63 bits per heavy atom. The number of hydrogen-bond acceptors (Lipinski definition) is 7. The highest BCUT2D eigenvalue weighted by Crippen LogP contribution is 2.43. The fourth-order valence-corrected chi connectivity index (χ4v) is 3.76. The smallest absolute Gasteiger partial charge is 0.294 e. The van der Waals surface area contributed by atoms with Gasteiger partial charge in [0.1, 0.15) is 5.69 Å². The molecule has 0 aliphatic carbocycles. The van der Waals surface area contributed by atoms with Gasteiger partial charge >= 0.3 is 0 Å². The third kappa shape index (κ3) is 2.88. The Hall–Kier alpha value is -3.43. The van der Waals surface area contributed by atoms with Gasteiger partial charge in [-0.1, -0.05) is 6.07 Å². The van der Waals surface area contributed by atoms with Crippen LogP contribution in [-0.4, -0.2) is 17.9 Å². The summed E-state index contributed by atoms with van der Waals surface area (Å²) in [7, 11) is 1.79. The molecule has 136 valence electrons. The third-order valence-corrected chi connectivity index (χ3v) is 5.25. The zero-order chi connectivity index (χ0) is 19.1. The number of amides is 1. The Kier molecular flexibility index (Phi) is 4.02. The maximum atomic E-state index is 11.6. The number of hydrogen-bond donors (Lipinski definition) is 2. The van der Waals surface area contributed by atoms with E-state index in [0.29, 0.717) is 16.9 Å². The van der Waals surface area contributed by atoms with Crippen molar-refractivity contribution in [2.45, 2.75) is 0 Å². The number of carbonyl (C=O) groups excluding carboxylic acids is 1. The fourth-order valence-electron chi connectivity index (χ4n) is 3.03. The van der Waals surface area contributed by atoms with Crippen molar-refractivity contribution >= 4 is 40.0 Å². The lowest BCUT2D eigenvalue weighted by atomic mass is 10.1. The zero-order valence-electron chi connectivity index (χ0n) is 14.2. The summed E-state index contributed by atoms with van der Waals surface area (Å²) < 4.78 is 0. The highest BCUT2D eigenvalue weighted by molar-refractivity contribution is 7.13. The van der Waals surface area contributed by atoms with E-state index < -0.39 is 10.8 Å². The van der Waals surface area contributed by atoms with Crippen molar-refractivity contribution < 1.29 is 9.72 Å². The van der Waals surface area contributed by atoms with E-state index in [9.17, 15) is 14.9 Å². The predicted octanol–water partition coefficient (Wildman–Crippen LogP) is 3.43. The van der Waals surface area contributed by atoms with Gasteiger partial charge in [-0.3, -0.25) is 19.9 Å². The van der Waals surface area contributed by atoms with Crippen LogP contribution in [0.3, 0.4) is 0 Å². The van der Waals surface area contributed by atoms with E-state index in [1.165, 1.54) is 6.07 Å². The van der Waals surface area contributed by atoms with Crippen molar-refractivity contribution in [1.29, 1.82) is 0 Å². The van der Waals surface area contributed by atoms with Crippen LogP contribution in [0, 0.1) is 10.1 Å². The SMILES string of the molecule is CN1NN(c2cc(-c3cccs3)ccc2[N+](=O)[O-])c2cc(C(N)=O)ccc21. The van der Waals surface area contributed by atoms with Crippen molar-refractivity contribution in [2.24, 2.45) is 5.73 Å². The topological polar surface area (TPSA) is 105 Å². The number of nitro benzene ring substituents is 1. The summed E-state index contributed by atoms with van der Waals surface area (Å²) in [6, 6.07) is 13.9. The predicted molar refractivity (Wildman–Crippen MR) is 105 cm³/mol. The Morgan fingerprint density at radius 2 is 1.96 bits per heavy atom. The number of benzene rings is 2. The van der Waals surface area contributed by atoms with Gasteiger partial charge in [0.25, 0.3) is 5.69 Å². The molecule has 0 spiro atoms. The van der Waals surface area contributed by atoms with Crippen LogP contribution in [-0.2, 0) is 0 Å². The van der Waals surface area contributed by atoms with Crippen LogP contribution in [0.5, 0.6) is 0 Å². The maximum Gasteiger partial charge on any atom is 0.294 e. The number of fused-ring (bicyclic) bond motifs is 1. The molecule has 0 bridgehead atoms. The average molecular weight is 381 g/mol. The minimum Gasteiger partial charge on any atom is -0.366 e. The number of carbonyl (C=O) groups is 1. The standard InChI is InChI=1S/C18H15N5O3S/c1-21-13-6-5-12(18(19)24)10-15(13)22(20-21)16-9-11(17-3-2-8-27-17)4-7-14(16)23(25)26/h2-10,20H,1H3,(H2,19,24). The van der Waals surface area contributed by atoms with Crippen molar-refractivity contribution in [1.82, 2.24) is 5.53 Å². The molecule has 0 unspecified atom stereocenters. The zero-order valence-corrected chi connectivity index (χ0v) is 15.1. The largest absolute Gasteiger partial charge is 0.366 e. The molecule has 4 rings (SSSR count). The monoisotopic (exact) mass is 381 g/mol. The Morgan fingerprint density at radius 1 is 1.15 bits per heavy atom. The van der Waals surface area contributed by atoms with Crippen molar-refractivity contribution in [3.63, 3.8) is 0 Å². The molecule has 27 heavy (non-hydrogen) atoms. The highest BCUT2D eigenvalue weighted by atomic mass is 32.1. The molecule has 1 aliphatic rings. The van der Waals surface area contributed by atoms with Crippen LogP contribution in [0.15, 0.2) is 53.9 Å². The van der Waals surface area contributed by atoms with Crippen LogP contribution in [0.4, 0.5) is 22.7 Å². The molecule has 1 amide bonds. The van der Waals surface area contributed by atoms with E-state index in [1.54, 1.807) is 58.7 Å². The fraction of sp³-hybridized carbons (Fsp3) is 0.0556. The molecule has 0 fully saturated rings. The normalized spacial score (nSPS) is 12.9. The van der Waals surface area contributed by atoms with E-state index in [2.05, 4.69) is 5.53 Å². The molecule has 8 nitrogen and oxygen atoms in total. The van der Waals surface area contributed by atoms with Crippen LogP contribution in [0.2, 0.25) is 0 Å². The molecule has 2 aromatic carbocycles. The molecule has 0 atom stereocenters. The number of rotatable bonds is 4. The molecule has 0 saturated carbocycles. The van der Waals surface area contributed by atoms with Crippen LogP contribution in [0.1, 0.15) is 10.4 Å². The number of nitrogens with zero attached hydrogens (tertiary/aromatic N) is 3. The van der Waals surface area contributed by atoms with Gasteiger partial charge in [0.15, 0.2) is 0 Å². The van der Waals surface area contributed by atoms with Crippen molar-refractivity contribution in [3.05, 3.63) is 69.6 Å². The van der Waals surface area contributed by atoms with Gasteiger partial charge in [-0.15, -0.1) is 16.9 Å². The van der Waals surface area contributed by atoms with E-state index in [0.717, 1.165) is 16.1 Å². The molecule has 1 aliphatic heterocycles. The minimum absolute atomic E-state index is 0.0477. The van der Waals surface area contributed by atoms with E-state index in [1.807, 2.05) is 17.5 Å². The molecular formula is C18H15N5O3S. The second kappa shape index (κ2) is 6.38. The number of hydrazine groups is 2. The summed E-state index contributed by atoms with van der Waals surface area (Å²) in [6.07, 6.45) is 0. The molecule has 2 heterocycles. The second-order valence-electron chi connectivity index (χ2n) is 6.00. The Bertz CT molecular complexity index is 1050. The van der Waals surface area contributed by atoms with Gasteiger partial charge < -0.3 is 5.73 Å². The minimum atomic E-state index is -0.561. The first-order valence-electron chi connectivity index (χ1n) is 8.02.